The van der Waals surface area contributed by atoms with E-state index < -0.39 is 17.3 Å². The summed E-state index contributed by atoms with van der Waals surface area (Å²) in [6.07, 6.45) is -0.152. The molecule has 1 spiro atoms. The lowest BCUT2D eigenvalue weighted by atomic mass is 9.72. The van der Waals surface area contributed by atoms with E-state index in [9.17, 15) is 22.8 Å². The number of nitrogens with zero attached hydrogens (tertiary/aromatic N) is 1. The zero-order chi connectivity index (χ0) is 24.1. The Morgan fingerprint density at radius 3 is 2.74 bits per heavy atom. The molecule has 6 nitrogen and oxygen atoms in total. The van der Waals surface area contributed by atoms with Gasteiger partial charge in [-0.25, -0.2) is 4.79 Å². The smallest absolute Gasteiger partial charge is 0.416 e. The first-order valence-corrected chi connectivity index (χ1v) is 11.3. The van der Waals surface area contributed by atoms with Crippen LogP contribution in [0.3, 0.4) is 0 Å². The number of rotatable bonds is 3. The summed E-state index contributed by atoms with van der Waals surface area (Å²) in [6.45, 7) is 2.64. The SMILES string of the molecule is CCN1C(=O)NCc2c(NC(=O)C=C3CC4(CCC4)Oc4cc(C(F)(F)F)ccc43)cccc21. The summed E-state index contributed by atoms with van der Waals surface area (Å²) in [7, 11) is 0. The van der Waals surface area contributed by atoms with Gasteiger partial charge in [-0.1, -0.05) is 12.1 Å². The summed E-state index contributed by atoms with van der Waals surface area (Å²) in [6, 6.07) is 8.60. The molecule has 0 atom stereocenters. The Hall–Kier alpha value is -3.49. The normalized spacial score (nSPS) is 19.6. The van der Waals surface area contributed by atoms with Gasteiger partial charge in [-0.3, -0.25) is 9.69 Å². The molecule has 2 aromatic rings. The number of benzene rings is 2. The first-order chi connectivity index (χ1) is 16.2. The highest BCUT2D eigenvalue weighted by Gasteiger charge is 2.44. The average Bonchev–Trinajstić information content (AvgIpc) is 2.77. The highest BCUT2D eigenvalue weighted by Crippen LogP contribution is 2.50. The number of hydrogen-bond donors (Lipinski definition) is 2. The lowest BCUT2D eigenvalue weighted by molar-refractivity contribution is -0.138. The van der Waals surface area contributed by atoms with E-state index in [2.05, 4.69) is 10.6 Å². The molecule has 2 heterocycles. The zero-order valence-corrected chi connectivity index (χ0v) is 18.6. The first kappa shape index (κ1) is 22.3. The predicted molar refractivity (Wildman–Crippen MR) is 122 cm³/mol. The highest BCUT2D eigenvalue weighted by atomic mass is 19.4. The minimum absolute atomic E-state index is 0.165. The molecule has 178 valence electrons. The maximum Gasteiger partial charge on any atom is 0.416 e. The van der Waals surface area contributed by atoms with Gasteiger partial charge in [-0.05, 0) is 56.0 Å². The van der Waals surface area contributed by atoms with Crippen molar-refractivity contribution in [3.05, 3.63) is 59.2 Å². The van der Waals surface area contributed by atoms with Gasteiger partial charge in [0.15, 0.2) is 0 Å². The first-order valence-electron chi connectivity index (χ1n) is 11.3. The minimum atomic E-state index is -4.47. The summed E-state index contributed by atoms with van der Waals surface area (Å²) in [5, 5.41) is 5.70. The molecule has 1 saturated carbocycles. The van der Waals surface area contributed by atoms with E-state index in [4.69, 9.17) is 4.74 Å². The van der Waals surface area contributed by atoms with E-state index in [0.29, 0.717) is 29.8 Å². The quantitative estimate of drug-likeness (QED) is 0.583. The fourth-order valence-corrected chi connectivity index (χ4v) is 4.88. The van der Waals surface area contributed by atoms with Crippen LogP contribution in [-0.4, -0.2) is 24.1 Å². The molecule has 1 aliphatic carbocycles. The van der Waals surface area contributed by atoms with Crippen LogP contribution >= 0.6 is 0 Å². The van der Waals surface area contributed by atoms with E-state index in [1.807, 2.05) is 13.0 Å². The highest BCUT2D eigenvalue weighted by molar-refractivity contribution is 6.06. The Morgan fingerprint density at radius 1 is 1.26 bits per heavy atom. The molecule has 3 aliphatic rings. The number of fused-ring (bicyclic) bond motifs is 2. The fraction of sp³-hybridized carbons (Fsp3) is 0.360. The predicted octanol–water partition coefficient (Wildman–Crippen LogP) is 5.48. The Morgan fingerprint density at radius 2 is 2.06 bits per heavy atom. The molecule has 0 bridgehead atoms. The number of hydrogen-bond acceptors (Lipinski definition) is 3. The van der Waals surface area contributed by atoms with Crippen LogP contribution in [0.5, 0.6) is 5.75 Å². The van der Waals surface area contributed by atoms with Crippen LogP contribution in [0.2, 0.25) is 0 Å². The Kier molecular flexibility index (Phi) is 5.30. The zero-order valence-electron chi connectivity index (χ0n) is 18.6. The van der Waals surface area contributed by atoms with Crippen LogP contribution in [0, 0.1) is 0 Å². The van der Waals surface area contributed by atoms with E-state index in [0.717, 1.165) is 42.6 Å². The second-order valence-electron chi connectivity index (χ2n) is 8.89. The number of ether oxygens (including phenoxy) is 1. The third-order valence-electron chi connectivity index (χ3n) is 6.74. The van der Waals surface area contributed by atoms with E-state index in [-0.39, 0.29) is 24.2 Å². The number of urea groups is 1. The summed E-state index contributed by atoms with van der Waals surface area (Å²) < 4.78 is 45.8. The van der Waals surface area contributed by atoms with E-state index in [1.165, 1.54) is 12.1 Å². The molecular weight excluding hydrogens is 447 g/mol. The van der Waals surface area contributed by atoms with E-state index >= 15 is 0 Å². The molecule has 0 unspecified atom stereocenters. The third-order valence-corrected chi connectivity index (χ3v) is 6.74. The molecule has 34 heavy (non-hydrogen) atoms. The lowest BCUT2D eigenvalue weighted by Gasteiger charge is -2.46. The van der Waals surface area contributed by atoms with E-state index in [1.54, 1.807) is 17.0 Å². The van der Waals surface area contributed by atoms with Gasteiger partial charge in [0.2, 0.25) is 5.91 Å². The molecule has 3 amide bonds. The van der Waals surface area contributed by atoms with Gasteiger partial charge in [0.05, 0.1) is 11.3 Å². The minimum Gasteiger partial charge on any atom is -0.486 e. The van der Waals surface area contributed by atoms with Crippen LogP contribution in [0.1, 0.15) is 49.3 Å². The molecular formula is C25H24F3N3O3. The van der Waals surface area contributed by atoms with Crippen LogP contribution in [0.4, 0.5) is 29.3 Å². The second-order valence-corrected chi connectivity index (χ2v) is 8.89. The monoisotopic (exact) mass is 471 g/mol. The number of amides is 3. The topological polar surface area (TPSA) is 70.7 Å². The summed E-state index contributed by atoms with van der Waals surface area (Å²) >= 11 is 0. The van der Waals surface area contributed by atoms with Crippen molar-refractivity contribution in [3.8, 4) is 5.75 Å². The van der Waals surface area contributed by atoms with Crippen LogP contribution in [0.25, 0.3) is 5.57 Å². The molecule has 0 saturated heterocycles. The maximum absolute atomic E-state index is 13.2. The number of carbonyl (C=O) groups is 2. The molecule has 9 heteroatoms. The van der Waals surface area contributed by atoms with Crippen molar-refractivity contribution in [1.29, 1.82) is 0 Å². The molecule has 0 aromatic heterocycles. The molecule has 2 aromatic carbocycles. The Bertz CT molecular complexity index is 1200. The van der Waals surface area contributed by atoms with Crippen LogP contribution in [0.15, 0.2) is 42.5 Å². The van der Waals surface area contributed by atoms with Gasteiger partial charge in [0.25, 0.3) is 0 Å². The molecule has 5 rings (SSSR count). The molecule has 2 aliphatic heterocycles. The van der Waals surface area contributed by atoms with Crippen molar-refractivity contribution in [2.75, 3.05) is 16.8 Å². The number of carbonyl (C=O) groups excluding carboxylic acids is 2. The number of alkyl halides is 3. The Balaban J connectivity index is 1.46. The summed E-state index contributed by atoms with van der Waals surface area (Å²) in [5.41, 5.74) is 1.94. The molecule has 1 fully saturated rings. The Labute approximate surface area is 194 Å². The lowest BCUT2D eigenvalue weighted by Crippen LogP contribution is -2.45. The summed E-state index contributed by atoms with van der Waals surface area (Å²) in [5.74, 6) is -0.219. The third kappa shape index (κ3) is 3.89. The van der Waals surface area contributed by atoms with Crippen molar-refractivity contribution < 1.29 is 27.5 Å². The van der Waals surface area contributed by atoms with Crippen molar-refractivity contribution in [1.82, 2.24) is 5.32 Å². The van der Waals surface area contributed by atoms with Crippen LogP contribution in [-0.2, 0) is 17.5 Å². The number of nitrogens with one attached hydrogen (secondary N) is 2. The second kappa shape index (κ2) is 8.07. The van der Waals surface area contributed by atoms with Gasteiger partial charge >= 0.3 is 12.2 Å². The summed E-state index contributed by atoms with van der Waals surface area (Å²) in [4.78, 5) is 26.7. The van der Waals surface area contributed by atoms with Gasteiger partial charge in [-0.2, -0.15) is 13.2 Å². The van der Waals surface area contributed by atoms with Gasteiger partial charge < -0.3 is 15.4 Å². The number of anilines is 2. The van der Waals surface area contributed by atoms with Crippen molar-refractivity contribution in [2.45, 2.75) is 50.9 Å². The fourth-order valence-electron chi connectivity index (χ4n) is 4.88. The van der Waals surface area contributed by atoms with Gasteiger partial charge in [0.1, 0.15) is 11.4 Å². The van der Waals surface area contributed by atoms with Crippen molar-refractivity contribution >= 4 is 28.9 Å². The standard InChI is InChI=1S/C25H24F3N3O3/c1-2-31-20-6-3-5-19(18(20)14-29-23(31)33)30-22(32)11-15-13-24(9-4-10-24)34-21-12-16(25(26,27)28)7-8-17(15)21/h3,5-8,11-12H,2,4,9-10,13-14H2,1H3,(H,29,33)(H,30,32). The molecule has 0 radical (unpaired) electrons. The maximum atomic E-state index is 13.2. The van der Waals surface area contributed by atoms with Crippen molar-refractivity contribution in [3.63, 3.8) is 0 Å². The van der Waals surface area contributed by atoms with Crippen molar-refractivity contribution in [2.24, 2.45) is 0 Å². The van der Waals surface area contributed by atoms with Gasteiger partial charge in [0, 0.05) is 42.4 Å². The average molecular weight is 471 g/mol. The number of halogens is 3. The largest absolute Gasteiger partial charge is 0.486 e. The van der Waals surface area contributed by atoms with Crippen LogP contribution < -0.4 is 20.3 Å². The van der Waals surface area contributed by atoms with Gasteiger partial charge in [-0.15, -0.1) is 0 Å². The molecule has 2 N–H and O–H groups in total.